The van der Waals surface area contributed by atoms with E-state index in [9.17, 15) is 0 Å². The van der Waals surface area contributed by atoms with E-state index < -0.39 is 0 Å². The zero-order valence-corrected chi connectivity index (χ0v) is 9.83. The van der Waals surface area contributed by atoms with Crippen LogP contribution in [0.1, 0.15) is 24.9 Å². The Morgan fingerprint density at radius 3 is 2.44 bits per heavy atom. The molecule has 0 saturated carbocycles. The minimum atomic E-state index is 0.456. The maximum Gasteiger partial charge on any atom is 0.0453 e. The Morgan fingerprint density at radius 2 is 1.94 bits per heavy atom. The normalized spacial score (nSPS) is 12.6. The molecule has 0 spiro atoms. The molecule has 0 aliphatic heterocycles. The van der Waals surface area contributed by atoms with E-state index in [0.717, 1.165) is 6.42 Å². The molecule has 1 atom stereocenters. The van der Waals surface area contributed by atoms with E-state index in [2.05, 4.69) is 47.6 Å². The third-order valence-corrected chi connectivity index (χ3v) is 2.98. The lowest BCUT2D eigenvalue weighted by molar-refractivity contribution is 0.577. The van der Waals surface area contributed by atoms with E-state index in [1.165, 1.54) is 16.8 Å². The topological polar surface area (TPSA) is 27.8 Å². The maximum atomic E-state index is 3.31. The van der Waals surface area contributed by atoms with Gasteiger partial charge in [0.1, 0.15) is 0 Å². The van der Waals surface area contributed by atoms with Crippen molar-refractivity contribution in [2.24, 2.45) is 0 Å². The van der Waals surface area contributed by atoms with E-state index >= 15 is 0 Å². The molecule has 1 unspecified atom stereocenters. The van der Waals surface area contributed by atoms with Gasteiger partial charge in [0.25, 0.3) is 0 Å². The average Bonchev–Trinajstić information content (AvgIpc) is 2.85. The Hall–Kier alpha value is -1.54. The molecule has 84 valence electrons. The number of aromatic nitrogens is 1. The zero-order valence-electron chi connectivity index (χ0n) is 9.83. The molecule has 1 heterocycles. The largest absolute Gasteiger partial charge is 0.361 e. The van der Waals surface area contributed by atoms with Crippen molar-refractivity contribution in [2.75, 3.05) is 7.05 Å². The van der Waals surface area contributed by atoms with Crippen LogP contribution in [0.3, 0.4) is 0 Å². The summed E-state index contributed by atoms with van der Waals surface area (Å²) in [6, 6.07) is 13.3. The van der Waals surface area contributed by atoms with E-state index in [-0.39, 0.29) is 0 Å². The molecule has 1 aromatic heterocycles. The second kappa shape index (κ2) is 4.99. The molecule has 0 saturated heterocycles. The Labute approximate surface area is 96.7 Å². The molecule has 2 nitrogen and oxygen atoms in total. The summed E-state index contributed by atoms with van der Waals surface area (Å²) >= 11 is 0. The highest BCUT2D eigenvalue weighted by atomic mass is 14.9. The first-order valence-corrected chi connectivity index (χ1v) is 5.76. The van der Waals surface area contributed by atoms with Gasteiger partial charge in [-0.15, -0.1) is 0 Å². The fourth-order valence-corrected chi connectivity index (χ4v) is 2.01. The summed E-state index contributed by atoms with van der Waals surface area (Å²) < 4.78 is 0. The monoisotopic (exact) mass is 214 g/mol. The van der Waals surface area contributed by atoms with Gasteiger partial charge in [0.2, 0.25) is 0 Å². The van der Waals surface area contributed by atoms with Crippen LogP contribution in [0.4, 0.5) is 0 Å². The van der Waals surface area contributed by atoms with Crippen LogP contribution in [0.15, 0.2) is 42.6 Å². The van der Waals surface area contributed by atoms with Crippen molar-refractivity contribution >= 4 is 0 Å². The fourth-order valence-electron chi connectivity index (χ4n) is 2.01. The number of hydrogen-bond donors (Lipinski definition) is 2. The van der Waals surface area contributed by atoms with E-state index in [0.29, 0.717) is 6.04 Å². The van der Waals surface area contributed by atoms with Crippen LogP contribution >= 0.6 is 0 Å². The quantitative estimate of drug-likeness (QED) is 0.802. The fraction of sp³-hybridized carbons (Fsp3) is 0.286. The van der Waals surface area contributed by atoms with Crippen molar-refractivity contribution in [3.63, 3.8) is 0 Å². The number of hydrogen-bond acceptors (Lipinski definition) is 1. The minimum absolute atomic E-state index is 0.456. The summed E-state index contributed by atoms with van der Waals surface area (Å²) in [5.74, 6) is 0. The van der Waals surface area contributed by atoms with Gasteiger partial charge in [-0.1, -0.05) is 31.2 Å². The number of H-pyrrole nitrogens is 1. The molecule has 0 radical (unpaired) electrons. The van der Waals surface area contributed by atoms with Gasteiger partial charge in [0.05, 0.1) is 0 Å². The van der Waals surface area contributed by atoms with Crippen molar-refractivity contribution in [1.82, 2.24) is 10.3 Å². The molecule has 0 aliphatic carbocycles. The number of benzene rings is 1. The second-order valence-corrected chi connectivity index (χ2v) is 3.96. The summed E-state index contributed by atoms with van der Waals surface area (Å²) in [6.45, 7) is 2.19. The van der Waals surface area contributed by atoms with Crippen LogP contribution in [0, 0.1) is 0 Å². The van der Waals surface area contributed by atoms with Gasteiger partial charge in [-0.2, -0.15) is 0 Å². The van der Waals surface area contributed by atoms with Gasteiger partial charge in [-0.05, 0) is 36.7 Å². The smallest absolute Gasteiger partial charge is 0.0453 e. The molecule has 1 aromatic carbocycles. The number of nitrogens with one attached hydrogen (secondary N) is 2. The molecule has 2 rings (SSSR count). The first-order chi connectivity index (χ1) is 7.85. The minimum Gasteiger partial charge on any atom is -0.361 e. The van der Waals surface area contributed by atoms with Gasteiger partial charge in [0, 0.05) is 17.9 Å². The van der Waals surface area contributed by atoms with E-state index in [1.54, 1.807) is 0 Å². The molecule has 2 aromatic rings. The third-order valence-electron chi connectivity index (χ3n) is 2.98. The molecule has 0 amide bonds. The Morgan fingerprint density at radius 1 is 1.19 bits per heavy atom. The zero-order chi connectivity index (χ0) is 11.4. The van der Waals surface area contributed by atoms with Gasteiger partial charge >= 0.3 is 0 Å². The van der Waals surface area contributed by atoms with Crippen molar-refractivity contribution in [3.8, 4) is 11.3 Å². The summed E-state index contributed by atoms with van der Waals surface area (Å²) in [4.78, 5) is 3.21. The lowest BCUT2D eigenvalue weighted by atomic mass is 10.0. The van der Waals surface area contributed by atoms with Crippen LogP contribution in [-0.4, -0.2) is 12.0 Å². The molecule has 2 heteroatoms. The highest BCUT2D eigenvalue weighted by molar-refractivity contribution is 5.59. The maximum absolute atomic E-state index is 3.31. The SMILES string of the molecule is CCC(NC)c1ccc(-c2ccc[nH]2)cc1. The summed E-state index contributed by atoms with van der Waals surface area (Å²) in [5.41, 5.74) is 3.75. The molecule has 0 aliphatic rings. The van der Waals surface area contributed by atoms with E-state index in [4.69, 9.17) is 0 Å². The Kier molecular flexibility index (Phi) is 3.42. The van der Waals surface area contributed by atoms with Crippen molar-refractivity contribution in [1.29, 1.82) is 0 Å². The van der Waals surface area contributed by atoms with Gasteiger partial charge in [-0.25, -0.2) is 0 Å². The molecule has 16 heavy (non-hydrogen) atoms. The Bertz CT molecular complexity index is 411. The molecule has 2 N–H and O–H groups in total. The molecular weight excluding hydrogens is 196 g/mol. The summed E-state index contributed by atoms with van der Waals surface area (Å²) in [7, 11) is 2.01. The standard InChI is InChI=1S/C14H18N2/c1-3-13(15-2)11-6-8-12(9-7-11)14-5-4-10-16-14/h4-10,13,15-16H,3H2,1-2H3. The third kappa shape index (κ3) is 2.17. The average molecular weight is 214 g/mol. The molecular formula is C14H18N2. The summed E-state index contributed by atoms with van der Waals surface area (Å²) in [6.07, 6.45) is 3.06. The van der Waals surface area contributed by atoms with Gasteiger partial charge in [-0.3, -0.25) is 0 Å². The highest BCUT2D eigenvalue weighted by Gasteiger charge is 2.06. The number of aromatic amines is 1. The van der Waals surface area contributed by atoms with Gasteiger partial charge < -0.3 is 10.3 Å². The Balaban J connectivity index is 2.22. The predicted molar refractivity (Wildman–Crippen MR) is 68.3 cm³/mol. The molecule has 0 bridgehead atoms. The van der Waals surface area contributed by atoms with Crippen LogP contribution in [0.5, 0.6) is 0 Å². The van der Waals surface area contributed by atoms with Crippen LogP contribution < -0.4 is 5.32 Å². The van der Waals surface area contributed by atoms with Crippen LogP contribution in [-0.2, 0) is 0 Å². The number of rotatable bonds is 4. The van der Waals surface area contributed by atoms with Crippen LogP contribution in [0.25, 0.3) is 11.3 Å². The summed E-state index contributed by atoms with van der Waals surface area (Å²) in [5, 5.41) is 3.31. The first kappa shape index (κ1) is 11.0. The van der Waals surface area contributed by atoms with Gasteiger partial charge in [0.15, 0.2) is 0 Å². The highest BCUT2D eigenvalue weighted by Crippen LogP contribution is 2.21. The molecule has 0 fully saturated rings. The van der Waals surface area contributed by atoms with Crippen LogP contribution in [0.2, 0.25) is 0 Å². The predicted octanol–water partition coefficient (Wildman–Crippen LogP) is 3.35. The van der Waals surface area contributed by atoms with Crippen molar-refractivity contribution < 1.29 is 0 Å². The first-order valence-electron chi connectivity index (χ1n) is 5.76. The van der Waals surface area contributed by atoms with E-state index in [1.807, 2.05) is 19.3 Å². The van der Waals surface area contributed by atoms with Crippen molar-refractivity contribution in [2.45, 2.75) is 19.4 Å². The second-order valence-electron chi connectivity index (χ2n) is 3.96. The van der Waals surface area contributed by atoms with Crippen molar-refractivity contribution in [3.05, 3.63) is 48.2 Å². The lowest BCUT2D eigenvalue weighted by Gasteiger charge is -2.14. The lowest BCUT2D eigenvalue weighted by Crippen LogP contribution is -2.14.